The van der Waals surface area contributed by atoms with Crippen molar-refractivity contribution in [2.24, 2.45) is 5.41 Å². The van der Waals surface area contributed by atoms with Gasteiger partial charge in [0.15, 0.2) is 0 Å². The van der Waals surface area contributed by atoms with Crippen molar-refractivity contribution in [3.63, 3.8) is 0 Å². The van der Waals surface area contributed by atoms with Crippen LogP contribution in [-0.2, 0) is 26.5 Å². The van der Waals surface area contributed by atoms with Crippen molar-refractivity contribution in [3.8, 4) is 22.5 Å². The van der Waals surface area contributed by atoms with E-state index in [1.54, 1.807) is 0 Å². The summed E-state index contributed by atoms with van der Waals surface area (Å²) in [5.74, 6) is 7.14. The van der Waals surface area contributed by atoms with Crippen LogP contribution in [0.1, 0.15) is 31.9 Å². The minimum Gasteiger partial charge on any atom is 0 e. The molecule has 0 bridgehead atoms. The monoisotopic (exact) mass is 883 g/mol. The zero-order valence-corrected chi connectivity index (χ0v) is 33.6. The van der Waals surface area contributed by atoms with Gasteiger partial charge < -0.3 is 13.8 Å². The van der Waals surface area contributed by atoms with E-state index in [0.29, 0.717) is 0 Å². The maximum Gasteiger partial charge on any atom is 0 e. The van der Waals surface area contributed by atoms with Crippen molar-refractivity contribution in [2.75, 3.05) is 0 Å². The molecule has 4 aromatic carbocycles. The first-order chi connectivity index (χ1) is 23.0. The molecule has 49 heavy (non-hydrogen) atoms. The quantitative estimate of drug-likeness (QED) is 0.131. The Morgan fingerprint density at radius 2 is 1.39 bits per heavy atom. The number of benzene rings is 4. The minimum atomic E-state index is -1.72. The molecule has 8 rings (SSSR count). The third kappa shape index (κ3) is 7.17. The molecule has 0 aliphatic heterocycles. The minimum absolute atomic E-state index is 0. The zero-order valence-electron chi connectivity index (χ0n) is 29.1. The van der Waals surface area contributed by atoms with Gasteiger partial charge in [-0.15, -0.1) is 0 Å². The van der Waals surface area contributed by atoms with Crippen molar-refractivity contribution < 1.29 is 28.9 Å². The van der Waals surface area contributed by atoms with E-state index in [1.165, 1.54) is 15.5 Å². The van der Waals surface area contributed by atoms with E-state index in [1.807, 2.05) is 73.1 Å². The first-order valence-corrected chi connectivity index (χ1v) is 23.9. The molecule has 8 aromatic rings. The number of rotatable bonds is 4. The second-order valence-corrected chi connectivity index (χ2v) is 25.4. The second kappa shape index (κ2) is 13.7. The van der Waals surface area contributed by atoms with E-state index >= 15 is 0 Å². The van der Waals surface area contributed by atoms with E-state index in [4.69, 9.17) is 13.8 Å². The SMILES string of the molecule is Cc1cnc(-c2[c-]c3oc4ccccc4c3c3c2oc2ccccc23)cc1CC(C)(C)C.[CH3][Ge]([CH3])([CH3])[c]1ccc(-c2[c-]cccc2)nc1.[Ir]. The fraction of sp³-hybridized carbons (Fsp3) is 0.209. The van der Waals surface area contributed by atoms with Crippen molar-refractivity contribution >= 4 is 61.5 Å². The molecule has 0 saturated carbocycles. The van der Waals surface area contributed by atoms with Gasteiger partial charge in [-0.25, -0.2) is 0 Å². The Bertz CT molecular complexity index is 2400. The van der Waals surface area contributed by atoms with Gasteiger partial charge in [0.05, 0.1) is 11.2 Å². The summed E-state index contributed by atoms with van der Waals surface area (Å²) in [7, 11) is 0. The number of aryl methyl sites for hydroxylation is 1. The molecule has 0 aliphatic carbocycles. The largest absolute Gasteiger partial charge is 0 e. The Labute approximate surface area is 304 Å². The Morgan fingerprint density at radius 3 is 2.02 bits per heavy atom. The number of fused-ring (bicyclic) bond motifs is 7. The summed E-state index contributed by atoms with van der Waals surface area (Å²) >= 11 is -1.72. The second-order valence-electron chi connectivity index (χ2n) is 14.8. The number of hydrogen-bond acceptors (Lipinski definition) is 4. The summed E-state index contributed by atoms with van der Waals surface area (Å²) in [4.78, 5) is 9.32. The van der Waals surface area contributed by atoms with Crippen molar-refractivity contribution in [3.05, 3.63) is 127 Å². The van der Waals surface area contributed by atoms with Crippen LogP contribution in [0.25, 0.3) is 66.4 Å². The molecule has 1 radical (unpaired) electrons. The maximum atomic E-state index is 6.42. The fourth-order valence-electron chi connectivity index (χ4n) is 6.22. The molecule has 0 N–H and O–H groups in total. The van der Waals surface area contributed by atoms with E-state index in [2.05, 4.69) is 92.4 Å². The number of pyridine rings is 2. The van der Waals surface area contributed by atoms with Gasteiger partial charge in [0, 0.05) is 31.7 Å². The summed E-state index contributed by atoms with van der Waals surface area (Å²) < 4.78 is 14.1. The van der Waals surface area contributed by atoms with Gasteiger partial charge in [0.2, 0.25) is 0 Å². The van der Waals surface area contributed by atoms with Crippen LogP contribution in [0, 0.1) is 24.5 Å². The molecular weight excluding hydrogens is 841 g/mol. The van der Waals surface area contributed by atoms with Crippen LogP contribution < -0.4 is 4.40 Å². The predicted molar refractivity (Wildman–Crippen MR) is 202 cm³/mol. The van der Waals surface area contributed by atoms with Gasteiger partial charge >= 0.3 is 99.8 Å². The Balaban J connectivity index is 0.000000208. The summed E-state index contributed by atoms with van der Waals surface area (Å²) in [5.41, 5.74) is 9.72. The number of hydrogen-bond donors (Lipinski definition) is 0. The van der Waals surface area contributed by atoms with Crippen LogP contribution in [0.4, 0.5) is 0 Å². The molecule has 249 valence electrons. The first-order valence-electron chi connectivity index (χ1n) is 16.5. The molecule has 0 amide bonds. The van der Waals surface area contributed by atoms with Gasteiger partial charge in [-0.05, 0) is 58.3 Å². The van der Waals surface area contributed by atoms with E-state index in [-0.39, 0.29) is 25.5 Å². The number of para-hydroxylation sites is 2. The molecule has 0 spiro atoms. The van der Waals surface area contributed by atoms with E-state index < -0.39 is 13.3 Å². The average Bonchev–Trinajstić information content (AvgIpc) is 3.63. The van der Waals surface area contributed by atoms with Gasteiger partial charge in [0.1, 0.15) is 11.2 Å². The number of aromatic nitrogens is 2. The molecule has 0 unspecified atom stereocenters. The predicted octanol–water partition coefficient (Wildman–Crippen LogP) is 11.3. The molecule has 0 atom stereocenters. The van der Waals surface area contributed by atoms with Gasteiger partial charge in [-0.2, -0.15) is 0 Å². The number of furan rings is 2. The van der Waals surface area contributed by atoms with E-state index in [9.17, 15) is 0 Å². The van der Waals surface area contributed by atoms with Crippen LogP contribution in [0.3, 0.4) is 0 Å². The first kappa shape index (κ1) is 34.8. The Morgan fingerprint density at radius 1 is 0.735 bits per heavy atom. The molecule has 4 heterocycles. The summed E-state index contributed by atoms with van der Waals surface area (Å²) in [5, 5.41) is 4.27. The molecule has 4 aromatic heterocycles. The standard InChI is InChI=1S/C29H24NO2.C14H16GeN.Ir/c1-17-16-30-22(13-18(17)15-29(2,3)4)21-14-25-26(19-9-5-7-11-23(19)31-25)27-20-10-6-8-12-24(20)32-28(21)27;1-15(2,3)13-9-10-14(16-11-13)12-7-5-4-6-8-12;/h5-13,16H,15H2,1-4H3;4-7,9-11H,1-3H3;/q2*-1;. The van der Waals surface area contributed by atoms with Gasteiger partial charge in [0.25, 0.3) is 0 Å². The smallest absolute Gasteiger partial charge is 0 e. The molecule has 6 heteroatoms. The summed E-state index contributed by atoms with van der Waals surface area (Å²) in [6.07, 6.45) is 4.97. The number of nitrogens with zero attached hydrogens (tertiary/aromatic N) is 2. The Kier molecular flexibility index (Phi) is 9.74. The van der Waals surface area contributed by atoms with E-state index in [0.717, 1.165) is 72.8 Å². The molecule has 0 fully saturated rings. The van der Waals surface area contributed by atoms with Crippen LogP contribution >= 0.6 is 0 Å². The Hall–Kier alpha value is -4.03. The maximum absolute atomic E-state index is 6.42. The van der Waals surface area contributed by atoms with Crippen molar-refractivity contribution in [1.82, 2.24) is 9.97 Å². The normalized spacial score (nSPS) is 11.9. The van der Waals surface area contributed by atoms with Crippen LogP contribution in [-0.4, -0.2) is 23.2 Å². The molecule has 0 saturated heterocycles. The van der Waals surface area contributed by atoms with Gasteiger partial charge in [-0.3, -0.25) is 0 Å². The molecule has 4 nitrogen and oxygen atoms in total. The fourth-order valence-corrected chi connectivity index (χ4v) is 8.39. The van der Waals surface area contributed by atoms with Crippen LogP contribution in [0.5, 0.6) is 0 Å². The molecule has 0 aliphatic rings. The topological polar surface area (TPSA) is 52.1 Å². The third-order valence-electron chi connectivity index (χ3n) is 8.71. The molecular formula is C43H40GeIrN2O2-2. The van der Waals surface area contributed by atoms with Crippen LogP contribution in [0.2, 0.25) is 17.3 Å². The zero-order chi connectivity index (χ0) is 33.6. The third-order valence-corrected chi connectivity index (χ3v) is 13.0. The van der Waals surface area contributed by atoms with Crippen molar-refractivity contribution in [1.29, 1.82) is 0 Å². The van der Waals surface area contributed by atoms with Gasteiger partial charge in [-0.1, -0.05) is 80.4 Å². The summed E-state index contributed by atoms with van der Waals surface area (Å²) in [6.45, 7) is 8.91. The summed E-state index contributed by atoms with van der Waals surface area (Å²) in [6, 6.07) is 37.5. The van der Waals surface area contributed by atoms with Crippen molar-refractivity contribution in [2.45, 2.75) is 51.4 Å². The van der Waals surface area contributed by atoms with Crippen LogP contribution in [0.15, 0.2) is 112 Å². The average molecular weight is 882 g/mol.